The molecule has 2 aromatic carbocycles. The molecule has 1 amide bonds. The molecule has 0 atom stereocenters. The first-order valence-corrected chi connectivity index (χ1v) is 8.27. The largest absolute Gasteiger partial charge is 0.493 e. The summed E-state index contributed by atoms with van der Waals surface area (Å²) in [5.74, 6) is 0.507. The first-order valence-electron chi connectivity index (χ1n) is 8.27. The van der Waals surface area contributed by atoms with E-state index >= 15 is 0 Å². The number of hydrogen-bond donors (Lipinski definition) is 1. The maximum atomic E-state index is 12.0. The van der Waals surface area contributed by atoms with Gasteiger partial charge in [0, 0.05) is 6.54 Å². The van der Waals surface area contributed by atoms with E-state index in [0.29, 0.717) is 22.8 Å². The average Bonchev–Trinajstić information content (AvgIpc) is 2.69. The summed E-state index contributed by atoms with van der Waals surface area (Å²) in [4.78, 5) is 23.9. The van der Waals surface area contributed by atoms with Crippen LogP contribution in [0.3, 0.4) is 0 Å². The summed E-state index contributed by atoms with van der Waals surface area (Å²) in [6.45, 7) is 1.73. The fourth-order valence-electron chi connectivity index (χ4n) is 2.48. The SMILES string of the molecule is COc1cc(CNC(=O)COC(=O)c2cccc(C)c2)cc(OC)c1OC. The van der Waals surface area contributed by atoms with Gasteiger partial charge in [-0.3, -0.25) is 4.79 Å². The number of carbonyl (C=O) groups is 2. The summed E-state index contributed by atoms with van der Waals surface area (Å²) in [7, 11) is 4.55. The van der Waals surface area contributed by atoms with Crippen molar-refractivity contribution in [3.05, 3.63) is 53.1 Å². The molecule has 7 nitrogen and oxygen atoms in total. The zero-order valence-corrected chi connectivity index (χ0v) is 15.8. The van der Waals surface area contributed by atoms with Crippen LogP contribution in [0.1, 0.15) is 21.5 Å². The Labute approximate surface area is 158 Å². The van der Waals surface area contributed by atoms with Crippen molar-refractivity contribution in [2.45, 2.75) is 13.5 Å². The first kappa shape index (κ1) is 20.1. The second-order valence-electron chi connectivity index (χ2n) is 5.76. The van der Waals surface area contributed by atoms with Gasteiger partial charge in [0.05, 0.1) is 26.9 Å². The molecule has 2 rings (SSSR count). The number of benzene rings is 2. The van der Waals surface area contributed by atoms with E-state index in [1.54, 1.807) is 30.3 Å². The molecule has 0 aliphatic heterocycles. The number of methoxy groups -OCH3 is 3. The zero-order valence-electron chi connectivity index (χ0n) is 15.8. The topological polar surface area (TPSA) is 83.1 Å². The molecule has 0 fully saturated rings. The quantitative estimate of drug-likeness (QED) is 0.716. The van der Waals surface area contributed by atoms with E-state index in [1.807, 2.05) is 13.0 Å². The minimum Gasteiger partial charge on any atom is -0.493 e. The van der Waals surface area contributed by atoms with Crippen molar-refractivity contribution in [3.63, 3.8) is 0 Å². The number of nitrogens with one attached hydrogen (secondary N) is 1. The molecular formula is C20H23NO6. The van der Waals surface area contributed by atoms with Crippen molar-refractivity contribution >= 4 is 11.9 Å². The summed E-state index contributed by atoms with van der Waals surface area (Å²) in [5, 5.41) is 2.69. The van der Waals surface area contributed by atoms with Gasteiger partial charge in [0.2, 0.25) is 5.75 Å². The zero-order chi connectivity index (χ0) is 19.8. The van der Waals surface area contributed by atoms with Crippen molar-refractivity contribution in [1.82, 2.24) is 5.32 Å². The van der Waals surface area contributed by atoms with Gasteiger partial charge in [0.1, 0.15) is 0 Å². The van der Waals surface area contributed by atoms with Gasteiger partial charge in [-0.1, -0.05) is 17.7 Å². The standard InChI is InChI=1S/C20H23NO6/c1-13-6-5-7-15(8-13)20(23)27-12-18(22)21-11-14-9-16(24-2)19(26-4)17(10-14)25-3/h5-10H,11-12H2,1-4H3,(H,21,22). The van der Waals surface area contributed by atoms with Gasteiger partial charge in [-0.2, -0.15) is 0 Å². The fraction of sp³-hybridized carbons (Fsp3) is 0.300. The van der Waals surface area contributed by atoms with Gasteiger partial charge in [-0.25, -0.2) is 4.79 Å². The number of esters is 1. The predicted molar refractivity (Wildman–Crippen MR) is 99.4 cm³/mol. The molecule has 0 aliphatic carbocycles. The number of aryl methyl sites for hydroxylation is 1. The molecule has 1 N–H and O–H groups in total. The van der Waals surface area contributed by atoms with Gasteiger partial charge in [-0.05, 0) is 36.8 Å². The van der Waals surface area contributed by atoms with Crippen LogP contribution in [0, 0.1) is 6.92 Å². The van der Waals surface area contributed by atoms with Gasteiger partial charge >= 0.3 is 5.97 Å². The Bertz CT molecular complexity index is 793. The number of carbonyl (C=O) groups excluding carboxylic acids is 2. The Morgan fingerprint density at radius 3 is 2.19 bits per heavy atom. The van der Waals surface area contributed by atoms with Crippen LogP contribution in [0.4, 0.5) is 0 Å². The molecular weight excluding hydrogens is 350 g/mol. The minimum atomic E-state index is -0.540. The second kappa shape index (κ2) is 9.47. The van der Waals surface area contributed by atoms with E-state index in [9.17, 15) is 9.59 Å². The molecule has 2 aromatic rings. The lowest BCUT2D eigenvalue weighted by molar-refractivity contribution is -0.124. The molecule has 0 saturated carbocycles. The van der Waals surface area contributed by atoms with E-state index in [-0.39, 0.29) is 13.2 Å². The maximum Gasteiger partial charge on any atom is 0.338 e. The molecule has 144 valence electrons. The van der Waals surface area contributed by atoms with Gasteiger partial charge in [0.25, 0.3) is 5.91 Å². The Morgan fingerprint density at radius 2 is 1.63 bits per heavy atom. The molecule has 27 heavy (non-hydrogen) atoms. The lowest BCUT2D eigenvalue weighted by atomic mass is 10.1. The Morgan fingerprint density at radius 1 is 0.963 bits per heavy atom. The molecule has 0 aliphatic rings. The molecule has 0 aromatic heterocycles. The molecule has 0 bridgehead atoms. The smallest absolute Gasteiger partial charge is 0.338 e. The maximum absolute atomic E-state index is 12.0. The Kier molecular flexibility index (Phi) is 7.05. The summed E-state index contributed by atoms with van der Waals surface area (Å²) in [5.41, 5.74) is 2.10. The number of rotatable bonds is 8. The van der Waals surface area contributed by atoms with Crippen molar-refractivity contribution in [1.29, 1.82) is 0 Å². The van der Waals surface area contributed by atoms with Crippen LogP contribution < -0.4 is 19.5 Å². The first-order chi connectivity index (χ1) is 13.0. The fourth-order valence-corrected chi connectivity index (χ4v) is 2.48. The number of hydrogen-bond acceptors (Lipinski definition) is 6. The van der Waals surface area contributed by atoms with Gasteiger partial charge in [-0.15, -0.1) is 0 Å². The minimum absolute atomic E-state index is 0.220. The van der Waals surface area contributed by atoms with Crippen molar-refractivity contribution in [2.24, 2.45) is 0 Å². The summed E-state index contributed by atoms with van der Waals surface area (Å²) >= 11 is 0. The third-order valence-electron chi connectivity index (χ3n) is 3.80. The highest BCUT2D eigenvalue weighted by Gasteiger charge is 2.14. The molecule has 0 saturated heterocycles. The summed E-state index contributed by atoms with van der Waals surface area (Å²) in [6.07, 6.45) is 0. The van der Waals surface area contributed by atoms with E-state index in [2.05, 4.69) is 5.32 Å². The lowest BCUT2D eigenvalue weighted by Crippen LogP contribution is -2.28. The van der Waals surface area contributed by atoms with E-state index < -0.39 is 11.9 Å². The van der Waals surface area contributed by atoms with Crippen LogP contribution in [-0.2, 0) is 16.1 Å². The monoisotopic (exact) mass is 373 g/mol. The van der Waals surface area contributed by atoms with Crippen molar-refractivity contribution in [3.8, 4) is 17.2 Å². The van der Waals surface area contributed by atoms with E-state index in [1.165, 1.54) is 21.3 Å². The number of amides is 1. The van der Waals surface area contributed by atoms with Crippen molar-refractivity contribution < 1.29 is 28.5 Å². The third kappa shape index (κ3) is 5.37. The van der Waals surface area contributed by atoms with Crippen LogP contribution >= 0.6 is 0 Å². The van der Waals surface area contributed by atoms with Gasteiger partial charge in [0.15, 0.2) is 18.1 Å². The Balaban J connectivity index is 1.92. The molecule has 0 spiro atoms. The van der Waals surface area contributed by atoms with Crippen LogP contribution in [-0.4, -0.2) is 39.8 Å². The predicted octanol–water partition coefficient (Wildman–Crippen LogP) is 2.49. The van der Waals surface area contributed by atoms with E-state index in [0.717, 1.165) is 11.1 Å². The third-order valence-corrected chi connectivity index (χ3v) is 3.80. The highest BCUT2D eigenvalue weighted by Crippen LogP contribution is 2.38. The Hall–Kier alpha value is -3.22. The average molecular weight is 373 g/mol. The van der Waals surface area contributed by atoms with Gasteiger partial charge < -0.3 is 24.3 Å². The molecule has 7 heteroatoms. The van der Waals surface area contributed by atoms with Crippen LogP contribution in [0.2, 0.25) is 0 Å². The lowest BCUT2D eigenvalue weighted by Gasteiger charge is -2.14. The highest BCUT2D eigenvalue weighted by atomic mass is 16.5. The normalized spacial score (nSPS) is 10.1. The summed E-state index contributed by atoms with van der Waals surface area (Å²) < 4.78 is 20.9. The van der Waals surface area contributed by atoms with E-state index in [4.69, 9.17) is 18.9 Å². The van der Waals surface area contributed by atoms with Crippen LogP contribution in [0.25, 0.3) is 0 Å². The second-order valence-corrected chi connectivity index (χ2v) is 5.76. The van der Waals surface area contributed by atoms with Crippen molar-refractivity contribution in [2.75, 3.05) is 27.9 Å². The van der Waals surface area contributed by atoms with Crippen LogP contribution in [0.5, 0.6) is 17.2 Å². The van der Waals surface area contributed by atoms with Crippen LogP contribution in [0.15, 0.2) is 36.4 Å². The molecule has 0 heterocycles. The number of ether oxygens (including phenoxy) is 4. The highest BCUT2D eigenvalue weighted by molar-refractivity contribution is 5.91. The summed E-state index contributed by atoms with van der Waals surface area (Å²) in [6, 6.07) is 10.5. The molecule has 0 radical (unpaired) electrons. The molecule has 0 unspecified atom stereocenters.